The molecule has 3 aromatic rings. The van der Waals surface area contributed by atoms with Crippen molar-refractivity contribution in [2.75, 3.05) is 37.4 Å². The Morgan fingerprint density at radius 3 is 2.22 bits per heavy atom. The zero-order valence-electron chi connectivity index (χ0n) is 18.0. The molecule has 7 nitrogen and oxygen atoms in total. The van der Waals surface area contributed by atoms with Crippen LogP contribution in [0.3, 0.4) is 0 Å². The molecule has 0 atom stereocenters. The fraction of sp³-hybridized carbons (Fsp3) is 0.200. The smallest absolute Gasteiger partial charge is 0.251 e. The van der Waals surface area contributed by atoms with Crippen molar-refractivity contribution in [1.82, 2.24) is 5.32 Å². The summed E-state index contributed by atoms with van der Waals surface area (Å²) in [4.78, 5) is 24.2. The summed E-state index contributed by atoms with van der Waals surface area (Å²) in [7, 11) is 1.58. The Balaban J connectivity index is 1.41. The minimum atomic E-state index is -0.177. The SMILES string of the molecule is COCCNC(=O)c1ccc(NCC(=O)Nc2ccc(OCc3ccccc3)cc2)cc1. The molecule has 0 unspecified atom stereocenters. The van der Waals surface area contributed by atoms with Gasteiger partial charge in [-0.3, -0.25) is 9.59 Å². The van der Waals surface area contributed by atoms with Crippen molar-refractivity contribution in [2.24, 2.45) is 0 Å². The number of carbonyl (C=O) groups is 2. The topological polar surface area (TPSA) is 88.7 Å². The summed E-state index contributed by atoms with van der Waals surface area (Å²) in [6.45, 7) is 1.51. The lowest BCUT2D eigenvalue weighted by atomic mass is 10.2. The lowest BCUT2D eigenvalue weighted by molar-refractivity contribution is -0.114. The van der Waals surface area contributed by atoms with Crippen molar-refractivity contribution in [3.05, 3.63) is 90.0 Å². The Hall–Kier alpha value is -3.84. The molecule has 0 bridgehead atoms. The molecule has 0 heterocycles. The molecule has 32 heavy (non-hydrogen) atoms. The maximum absolute atomic E-state index is 12.2. The zero-order chi connectivity index (χ0) is 22.6. The lowest BCUT2D eigenvalue weighted by Gasteiger charge is -2.10. The van der Waals surface area contributed by atoms with E-state index in [1.165, 1.54) is 0 Å². The van der Waals surface area contributed by atoms with Crippen LogP contribution in [0.25, 0.3) is 0 Å². The van der Waals surface area contributed by atoms with Gasteiger partial charge in [-0.15, -0.1) is 0 Å². The molecule has 3 aromatic carbocycles. The van der Waals surface area contributed by atoms with Crippen molar-refractivity contribution < 1.29 is 19.1 Å². The number of benzene rings is 3. The van der Waals surface area contributed by atoms with Gasteiger partial charge in [0, 0.05) is 30.6 Å². The van der Waals surface area contributed by atoms with Gasteiger partial charge in [0.2, 0.25) is 5.91 Å². The molecule has 0 radical (unpaired) electrons. The maximum Gasteiger partial charge on any atom is 0.251 e. The fourth-order valence-electron chi connectivity index (χ4n) is 2.87. The number of hydrogen-bond donors (Lipinski definition) is 3. The first-order valence-electron chi connectivity index (χ1n) is 10.3. The summed E-state index contributed by atoms with van der Waals surface area (Å²) in [5.74, 6) is 0.392. The van der Waals surface area contributed by atoms with Crippen molar-refractivity contribution in [3.63, 3.8) is 0 Å². The van der Waals surface area contributed by atoms with Crippen molar-refractivity contribution in [2.45, 2.75) is 6.61 Å². The first kappa shape index (κ1) is 22.8. The molecule has 2 amide bonds. The predicted octanol–water partition coefficient (Wildman–Crippen LogP) is 3.69. The van der Waals surface area contributed by atoms with E-state index in [1.807, 2.05) is 42.5 Å². The van der Waals surface area contributed by atoms with E-state index in [2.05, 4.69) is 16.0 Å². The van der Waals surface area contributed by atoms with E-state index >= 15 is 0 Å². The van der Waals surface area contributed by atoms with Crippen molar-refractivity contribution in [3.8, 4) is 5.75 Å². The maximum atomic E-state index is 12.2. The van der Waals surface area contributed by atoms with E-state index in [-0.39, 0.29) is 18.4 Å². The van der Waals surface area contributed by atoms with Crippen LogP contribution >= 0.6 is 0 Å². The Bertz CT molecular complexity index is 990. The second-order valence-corrected chi connectivity index (χ2v) is 7.03. The Morgan fingerprint density at radius 1 is 0.844 bits per heavy atom. The van der Waals surface area contributed by atoms with E-state index in [4.69, 9.17) is 9.47 Å². The molecule has 3 N–H and O–H groups in total. The molecule has 0 fully saturated rings. The molecule has 0 aromatic heterocycles. The summed E-state index contributed by atoms with van der Waals surface area (Å²) in [6, 6.07) is 24.1. The van der Waals surface area contributed by atoms with Gasteiger partial charge in [-0.25, -0.2) is 0 Å². The van der Waals surface area contributed by atoms with Crippen molar-refractivity contribution >= 4 is 23.2 Å². The van der Waals surface area contributed by atoms with Gasteiger partial charge in [-0.05, 0) is 54.1 Å². The Labute approximate surface area is 187 Å². The van der Waals surface area contributed by atoms with Gasteiger partial charge in [0.05, 0.1) is 13.2 Å². The third-order valence-corrected chi connectivity index (χ3v) is 4.58. The highest BCUT2D eigenvalue weighted by atomic mass is 16.5. The molecular formula is C25H27N3O4. The van der Waals surface area contributed by atoms with Gasteiger partial charge < -0.3 is 25.4 Å². The number of amides is 2. The molecule has 3 rings (SSSR count). The highest BCUT2D eigenvalue weighted by Gasteiger charge is 2.06. The monoisotopic (exact) mass is 433 g/mol. The van der Waals surface area contributed by atoms with Crippen LogP contribution in [0.5, 0.6) is 5.75 Å². The lowest BCUT2D eigenvalue weighted by Crippen LogP contribution is -2.26. The summed E-state index contributed by atoms with van der Waals surface area (Å²) in [5, 5.41) is 8.64. The largest absolute Gasteiger partial charge is 0.489 e. The van der Waals surface area contributed by atoms with Gasteiger partial charge in [0.15, 0.2) is 0 Å². The summed E-state index contributed by atoms with van der Waals surface area (Å²) in [6.07, 6.45) is 0. The number of ether oxygens (including phenoxy) is 2. The van der Waals surface area contributed by atoms with Gasteiger partial charge in [0.1, 0.15) is 12.4 Å². The molecule has 0 saturated carbocycles. The number of methoxy groups -OCH3 is 1. The second kappa shape index (κ2) is 12.1. The molecule has 0 spiro atoms. The molecule has 166 valence electrons. The molecule has 0 aliphatic carbocycles. The number of hydrogen-bond acceptors (Lipinski definition) is 5. The van der Waals surface area contributed by atoms with E-state index in [0.29, 0.717) is 31.0 Å². The Morgan fingerprint density at radius 2 is 1.53 bits per heavy atom. The van der Waals surface area contributed by atoms with Crippen molar-refractivity contribution in [1.29, 1.82) is 0 Å². The standard InChI is InChI=1S/C25H27N3O4/c1-31-16-15-26-25(30)20-7-9-21(10-8-20)27-17-24(29)28-22-11-13-23(14-12-22)32-18-19-5-3-2-4-6-19/h2-14,27H,15-18H2,1H3,(H,26,30)(H,28,29). The van der Waals surface area contributed by atoms with Gasteiger partial charge in [-0.1, -0.05) is 30.3 Å². The third kappa shape index (κ3) is 7.45. The van der Waals surface area contributed by atoms with Gasteiger partial charge in [0.25, 0.3) is 5.91 Å². The number of anilines is 2. The predicted molar refractivity (Wildman–Crippen MR) is 125 cm³/mol. The molecule has 7 heteroatoms. The average molecular weight is 434 g/mol. The van der Waals surface area contributed by atoms with Crippen LogP contribution in [-0.2, 0) is 16.1 Å². The number of nitrogens with one attached hydrogen (secondary N) is 3. The van der Waals surface area contributed by atoms with E-state index < -0.39 is 0 Å². The first-order chi connectivity index (χ1) is 15.6. The molecule has 0 aliphatic rings. The average Bonchev–Trinajstić information content (AvgIpc) is 2.83. The normalized spacial score (nSPS) is 10.3. The molecule has 0 aliphatic heterocycles. The van der Waals surface area contributed by atoms with Gasteiger partial charge in [-0.2, -0.15) is 0 Å². The second-order valence-electron chi connectivity index (χ2n) is 7.03. The van der Waals surface area contributed by atoms with E-state index in [0.717, 1.165) is 17.0 Å². The zero-order valence-corrected chi connectivity index (χ0v) is 18.0. The van der Waals surface area contributed by atoms with Crippen LogP contribution in [0.15, 0.2) is 78.9 Å². The molecular weight excluding hydrogens is 406 g/mol. The van der Waals surface area contributed by atoms with Crippen LogP contribution in [0.1, 0.15) is 15.9 Å². The third-order valence-electron chi connectivity index (χ3n) is 4.58. The quantitative estimate of drug-likeness (QED) is 0.402. The van der Waals surface area contributed by atoms with Gasteiger partial charge >= 0.3 is 0 Å². The summed E-state index contributed by atoms with van der Waals surface area (Å²) >= 11 is 0. The minimum absolute atomic E-state index is 0.103. The fourth-order valence-corrected chi connectivity index (χ4v) is 2.87. The van der Waals surface area contributed by atoms with Crippen LogP contribution in [0.4, 0.5) is 11.4 Å². The summed E-state index contributed by atoms with van der Waals surface area (Å²) < 4.78 is 10.7. The number of carbonyl (C=O) groups excluding carboxylic acids is 2. The van der Waals surface area contributed by atoms with Crippen LogP contribution in [-0.4, -0.2) is 38.6 Å². The van der Waals surface area contributed by atoms with Crippen LogP contribution in [0.2, 0.25) is 0 Å². The van der Waals surface area contributed by atoms with E-state index in [9.17, 15) is 9.59 Å². The number of rotatable bonds is 11. The van der Waals surface area contributed by atoms with E-state index in [1.54, 1.807) is 43.5 Å². The highest BCUT2D eigenvalue weighted by Crippen LogP contribution is 2.17. The summed E-state index contributed by atoms with van der Waals surface area (Å²) in [5.41, 5.74) is 3.08. The first-order valence-corrected chi connectivity index (χ1v) is 10.3. The van der Waals surface area contributed by atoms with Crippen LogP contribution < -0.4 is 20.7 Å². The Kier molecular flexibility index (Phi) is 8.65. The van der Waals surface area contributed by atoms with Crippen LogP contribution in [0, 0.1) is 0 Å². The highest BCUT2D eigenvalue weighted by molar-refractivity contribution is 5.95. The molecule has 0 saturated heterocycles. The minimum Gasteiger partial charge on any atom is -0.489 e.